The molecule has 0 aliphatic rings. The van der Waals surface area contributed by atoms with Crippen LogP contribution < -0.4 is 0 Å². The lowest BCUT2D eigenvalue weighted by atomic mass is 10.0. The molecule has 0 fully saturated rings. The molecule has 0 aromatic carbocycles. The second kappa shape index (κ2) is 48.8. The summed E-state index contributed by atoms with van der Waals surface area (Å²) in [5.74, 6) is -0.861. The smallest absolute Gasteiger partial charge is 0.306 e. The van der Waals surface area contributed by atoms with Crippen LogP contribution >= 0.6 is 0 Å². The van der Waals surface area contributed by atoms with Gasteiger partial charge in [0.25, 0.3) is 0 Å². The third-order valence-electron chi connectivity index (χ3n) is 11.8. The largest absolute Gasteiger partial charge is 0.462 e. The monoisotopic (exact) mass is 833 g/mol. The molecule has 0 saturated heterocycles. The molecule has 0 N–H and O–H groups in total. The van der Waals surface area contributed by atoms with Gasteiger partial charge in [-0.2, -0.15) is 0 Å². The number of esters is 3. The highest BCUT2D eigenvalue weighted by molar-refractivity contribution is 5.71. The van der Waals surface area contributed by atoms with Gasteiger partial charge in [-0.3, -0.25) is 14.4 Å². The van der Waals surface area contributed by atoms with Crippen molar-refractivity contribution in [3.63, 3.8) is 0 Å². The van der Waals surface area contributed by atoms with E-state index in [0.717, 1.165) is 64.2 Å². The van der Waals surface area contributed by atoms with Crippen molar-refractivity contribution in [2.24, 2.45) is 0 Å². The summed E-state index contributed by atoms with van der Waals surface area (Å²) in [5, 5.41) is 0. The van der Waals surface area contributed by atoms with E-state index in [1.165, 1.54) is 186 Å². The molecule has 0 spiro atoms. The Labute approximate surface area is 367 Å². The van der Waals surface area contributed by atoms with Crippen molar-refractivity contribution in [3.8, 4) is 0 Å². The number of ether oxygens (including phenoxy) is 3. The van der Waals surface area contributed by atoms with E-state index in [-0.39, 0.29) is 31.1 Å². The van der Waals surface area contributed by atoms with Gasteiger partial charge in [0.05, 0.1) is 0 Å². The minimum Gasteiger partial charge on any atom is -0.462 e. The Morgan fingerprint density at radius 2 is 0.559 bits per heavy atom. The molecule has 0 aliphatic carbocycles. The molecule has 59 heavy (non-hydrogen) atoms. The Hall–Kier alpha value is -1.85. The lowest BCUT2D eigenvalue weighted by Crippen LogP contribution is -2.30. The molecule has 6 heteroatoms. The highest BCUT2D eigenvalue weighted by Gasteiger charge is 2.19. The molecule has 0 bridgehead atoms. The van der Waals surface area contributed by atoms with E-state index < -0.39 is 6.10 Å². The van der Waals surface area contributed by atoms with Gasteiger partial charge in [0.2, 0.25) is 0 Å². The van der Waals surface area contributed by atoms with E-state index in [9.17, 15) is 14.4 Å². The van der Waals surface area contributed by atoms with E-state index in [0.29, 0.717) is 19.3 Å². The second-order valence-electron chi connectivity index (χ2n) is 17.8. The fourth-order valence-corrected chi connectivity index (χ4v) is 7.79. The molecule has 1 atom stereocenters. The Balaban J connectivity index is 4.29. The standard InChI is InChI=1S/C53H100O6/c1-4-7-10-13-16-19-22-25-26-27-28-29-32-34-37-40-43-46-52(55)58-49-50(59-53(56)47-44-41-38-35-31-24-21-18-15-12-9-6-3)48-57-51(54)45-42-39-36-33-30-23-20-17-14-11-8-5-2/h18,21,50H,4-17,19-20,22-49H2,1-3H3/b21-18-. The molecule has 348 valence electrons. The summed E-state index contributed by atoms with van der Waals surface area (Å²) in [6.45, 7) is 6.64. The first-order valence-electron chi connectivity index (χ1n) is 26.2. The lowest BCUT2D eigenvalue weighted by Gasteiger charge is -2.18. The summed E-state index contributed by atoms with van der Waals surface area (Å²) >= 11 is 0. The number of rotatable bonds is 48. The summed E-state index contributed by atoms with van der Waals surface area (Å²) < 4.78 is 16.8. The van der Waals surface area contributed by atoms with Gasteiger partial charge >= 0.3 is 17.9 Å². The van der Waals surface area contributed by atoms with E-state index in [1.807, 2.05) is 0 Å². The first kappa shape index (κ1) is 57.1. The first-order chi connectivity index (χ1) is 29.0. The van der Waals surface area contributed by atoms with Crippen LogP contribution in [0.15, 0.2) is 12.2 Å². The summed E-state index contributed by atoms with van der Waals surface area (Å²) in [5.41, 5.74) is 0. The zero-order chi connectivity index (χ0) is 43.0. The zero-order valence-electron chi connectivity index (χ0n) is 39.8. The maximum absolute atomic E-state index is 12.8. The van der Waals surface area contributed by atoms with Gasteiger partial charge in [-0.1, -0.05) is 238 Å². The van der Waals surface area contributed by atoms with E-state index >= 15 is 0 Å². The third-order valence-corrected chi connectivity index (χ3v) is 11.8. The minimum absolute atomic E-state index is 0.0681. The molecule has 0 radical (unpaired) electrons. The number of unbranched alkanes of at least 4 members (excludes halogenated alkanes) is 35. The van der Waals surface area contributed by atoms with Crippen molar-refractivity contribution in [3.05, 3.63) is 12.2 Å². The van der Waals surface area contributed by atoms with Gasteiger partial charge in [0.15, 0.2) is 6.10 Å². The van der Waals surface area contributed by atoms with Gasteiger partial charge in [0.1, 0.15) is 13.2 Å². The van der Waals surface area contributed by atoms with Crippen molar-refractivity contribution >= 4 is 17.9 Å². The molecule has 0 aromatic heterocycles. The number of hydrogen-bond acceptors (Lipinski definition) is 6. The summed E-state index contributed by atoms with van der Waals surface area (Å²) in [6.07, 6.45) is 53.4. The van der Waals surface area contributed by atoms with Crippen molar-refractivity contribution in [1.29, 1.82) is 0 Å². The van der Waals surface area contributed by atoms with Gasteiger partial charge in [-0.25, -0.2) is 0 Å². The van der Waals surface area contributed by atoms with Crippen molar-refractivity contribution < 1.29 is 28.6 Å². The van der Waals surface area contributed by atoms with Crippen LogP contribution in [0.5, 0.6) is 0 Å². The molecule has 0 saturated carbocycles. The van der Waals surface area contributed by atoms with Gasteiger partial charge in [-0.05, 0) is 44.9 Å². The molecule has 0 rings (SSSR count). The maximum atomic E-state index is 12.8. The van der Waals surface area contributed by atoms with Crippen LogP contribution in [0, 0.1) is 0 Å². The summed E-state index contributed by atoms with van der Waals surface area (Å²) in [7, 11) is 0. The molecular weight excluding hydrogens is 733 g/mol. The van der Waals surface area contributed by atoms with Gasteiger partial charge in [-0.15, -0.1) is 0 Å². The zero-order valence-corrected chi connectivity index (χ0v) is 39.8. The highest BCUT2D eigenvalue weighted by atomic mass is 16.6. The van der Waals surface area contributed by atoms with Crippen molar-refractivity contribution in [1.82, 2.24) is 0 Å². The summed E-state index contributed by atoms with van der Waals surface area (Å²) in [4.78, 5) is 37.9. The number of carbonyl (C=O) groups excluding carboxylic acids is 3. The van der Waals surface area contributed by atoms with Crippen LogP contribution in [0.25, 0.3) is 0 Å². The fraction of sp³-hybridized carbons (Fsp3) is 0.906. The Bertz CT molecular complexity index is 916. The maximum Gasteiger partial charge on any atom is 0.306 e. The Morgan fingerprint density at radius 3 is 0.881 bits per heavy atom. The topological polar surface area (TPSA) is 78.9 Å². The normalized spacial score (nSPS) is 12.0. The van der Waals surface area contributed by atoms with Crippen LogP contribution in [0.4, 0.5) is 0 Å². The third kappa shape index (κ3) is 47.1. The van der Waals surface area contributed by atoms with E-state index in [4.69, 9.17) is 14.2 Å². The predicted molar refractivity (Wildman–Crippen MR) is 252 cm³/mol. The molecule has 6 nitrogen and oxygen atoms in total. The quantitative estimate of drug-likeness (QED) is 0.0263. The Kier molecular flexibility index (Phi) is 47.3. The van der Waals surface area contributed by atoms with Crippen LogP contribution in [0.3, 0.4) is 0 Å². The number of allylic oxidation sites excluding steroid dienone is 2. The fourth-order valence-electron chi connectivity index (χ4n) is 7.79. The summed E-state index contributed by atoms with van der Waals surface area (Å²) in [6, 6.07) is 0. The lowest BCUT2D eigenvalue weighted by molar-refractivity contribution is -0.167. The van der Waals surface area contributed by atoms with Crippen LogP contribution in [-0.2, 0) is 28.6 Å². The van der Waals surface area contributed by atoms with Crippen molar-refractivity contribution in [2.75, 3.05) is 13.2 Å². The molecule has 0 amide bonds. The van der Waals surface area contributed by atoms with E-state index in [1.54, 1.807) is 0 Å². The average Bonchev–Trinajstić information content (AvgIpc) is 3.23. The van der Waals surface area contributed by atoms with E-state index in [2.05, 4.69) is 32.9 Å². The molecular formula is C53H100O6. The number of hydrogen-bond donors (Lipinski definition) is 0. The molecule has 0 heterocycles. The van der Waals surface area contributed by atoms with Gasteiger partial charge < -0.3 is 14.2 Å². The number of carbonyl (C=O) groups is 3. The SMILES string of the molecule is CCCCC/C=C\CCCCCCCC(=O)OC(COC(=O)CCCCCCCCCCCCCC)COC(=O)CCCCCCCCCCCCCCCCCCC. The van der Waals surface area contributed by atoms with Crippen LogP contribution in [0.2, 0.25) is 0 Å². The predicted octanol–water partition coefficient (Wildman–Crippen LogP) is 17.0. The molecule has 0 aliphatic heterocycles. The first-order valence-corrected chi connectivity index (χ1v) is 26.2. The average molecular weight is 833 g/mol. The van der Waals surface area contributed by atoms with Crippen molar-refractivity contribution in [2.45, 2.75) is 297 Å². The molecule has 1 unspecified atom stereocenters. The van der Waals surface area contributed by atoms with Gasteiger partial charge in [0, 0.05) is 19.3 Å². The molecule has 0 aromatic rings. The van der Waals surface area contributed by atoms with Crippen LogP contribution in [-0.4, -0.2) is 37.2 Å². The minimum atomic E-state index is -0.767. The Morgan fingerprint density at radius 1 is 0.322 bits per heavy atom. The highest BCUT2D eigenvalue weighted by Crippen LogP contribution is 2.16. The second-order valence-corrected chi connectivity index (χ2v) is 17.8. The van der Waals surface area contributed by atoms with Crippen LogP contribution in [0.1, 0.15) is 290 Å².